The molecule has 0 fully saturated rings. The Balaban J connectivity index is 4.24. The largest absolute Gasteiger partial charge is 0.444 e. The summed E-state index contributed by atoms with van der Waals surface area (Å²) in [5.74, 6) is 0.133. The third-order valence-electron chi connectivity index (χ3n) is 1.63. The summed E-state index contributed by atoms with van der Waals surface area (Å²) in [7, 11) is 0. The average molecular weight is 216 g/mol. The predicted molar refractivity (Wildman–Crippen MR) is 58.3 cm³/mol. The summed E-state index contributed by atoms with van der Waals surface area (Å²) in [6.07, 6.45) is 0.760. The summed E-state index contributed by atoms with van der Waals surface area (Å²) in [5, 5.41) is 13.9. The minimum Gasteiger partial charge on any atom is -0.444 e. The molecule has 0 aliphatic heterocycles. The van der Waals surface area contributed by atoms with Crippen molar-refractivity contribution in [2.75, 3.05) is 0 Å². The molecular weight excluding hydrogens is 196 g/mol. The van der Waals surface area contributed by atoms with Crippen molar-refractivity contribution in [1.82, 2.24) is 5.32 Å². The SMILES string of the molecule is CC(C)[C@@H](/C=N/O)NC(=O)OC(C)(C)C. The van der Waals surface area contributed by atoms with Gasteiger partial charge in [-0.05, 0) is 26.7 Å². The quantitative estimate of drug-likeness (QED) is 0.430. The molecule has 15 heavy (non-hydrogen) atoms. The molecule has 1 atom stereocenters. The molecule has 0 bridgehead atoms. The summed E-state index contributed by atoms with van der Waals surface area (Å²) < 4.78 is 5.07. The van der Waals surface area contributed by atoms with Crippen LogP contribution in [0.5, 0.6) is 0 Å². The summed E-state index contributed by atoms with van der Waals surface area (Å²) in [6, 6.07) is -0.329. The van der Waals surface area contributed by atoms with E-state index in [1.165, 1.54) is 6.21 Å². The fourth-order valence-corrected chi connectivity index (χ4v) is 0.892. The van der Waals surface area contributed by atoms with Crippen molar-refractivity contribution in [2.24, 2.45) is 11.1 Å². The first-order chi connectivity index (χ1) is 6.76. The van der Waals surface area contributed by atoms with E-state index in [2.05, 4.69) is 10.5 Å². The van der Waals surface area contributed by atoms with Crippen molar-refractivity contribution >= 4 is 12.3 Å². The number of oxime groups is 1. The van der Waals surface area contributed by atoms with Gasteiger partial charge in [-0.3, -0.25) is 0 Å². The minimum absolute atomic E-state index is 0.133. The fourth-order valence-electron chi connectivity index (χ4n) is 0.892. The molecule has 0 unspecified atom stereocenters. The molecule has 0 aliphatic carbocycles. The molecule has 88 valence electrons. The van der Waals surface area contributed by atoms with Gasteiger partial charge in [0.25, 0.3) is 0 Å². The molecule has 0 saturated carbocycles. The maximum absolute atomic E-state index is 11.4. The number of carbonyl (C=O) groups excluding carboxylic acids is 1. The van der Waals surface area contributed by atoms with Crippen molar-refractivity contribution in [3.05, 3.63) is 0 Å². The molecule has 0 rings (SSSR count). The van der Waals surface area contributed by atoms with Crippen LogP contribution in [0.2, 0.25) is 0 Å². The van der Waals surface area contributed by atoms with Gasteiger partial charge in [0, 0.05) is 0 Å². The first kappa shape index (κ1) is 13.7. The van der Waals surface area contributed by atoms with Crippen molar-refractivity contribution in [3.63, 3.8) is 0 Å². The zero-order valence-electron chi connectivity index (χ0n) is 9.94. The number of nitrogens with one attached hydrogen (secondary N) is 1. The highest BCUT2D eigenvalue weighted by atomic mass is 16.6. The van der Waals surface area contributed by atoms with Crippen LogP contribution >= 0.6 is 0 Å². The fraction of sp³-hybridized carbons (Fsp3) is 0.800. The lowest BCUT2D eigenvalue weighted by atomic mass is 10.1. The van der Waals surface area contributed by atoms with E-state index in [1.54, 1.807) is 20.8 Å². The standard InChI is InChI=1S/C10H20N2O3/c1-7(2)8(6-11-14)12-9(13)15-10(3,4)5/h6-8,14H,1-5H3,(H,12,13)/b11-6+/t8-/m1/s1. The Morgan fingerprint density at radius 1 is 1.47 bits per heavy atom. The lowest BCUT2D eigenvalue weighted by Crippen LogP contribution is -2.42. The van der Waals surface area contributed by atoms with Crippen LogP contribution < -0.4 is 5.32 Å². The Bertz CT molecular complexity index is 231. The van der Waals surface area contributed by atoms with Crippen LogP contribution in [0.25, 0.3) is 0 Å². The first-order valence-corrected chi connectivity index (χ1v) is 4.93. The molecule has 0 aliphatic rings. The highest BCUT2D eigenvalue weighted by Gasteiger charge is 2.20. The normalized spacial score (nSPS) is 14.3. The van der Waals surface area contributed by atoms with Crippen LogP contribution in [0.4, 0.5) is 4.79 Å². The number of amides is 1. The molecule has 0 saturated heterocycles. The highest BCUT2D eigenvalue weighted by Crippen LogP contribution is 2.07. The number of ether oxygens (including phenoxy) is 1. The molecule has 0 spiro atoms. The van der Waals surface area contributed by atoms with E-state index in [0.717, 1.165) is 0 Å². The highest BCUT2D eigenvalue weighted by molar-refractivity contribution is 5.75. The Hall–Kier alpha value is -1.26. The second-order valence-corrected chi connectivity index (χ2v) is 4.68. The van der Waals surface area contributed by atoms with Gasteiger partial charge in [-0.15, -0.1) is 0 Å². The van der Waals surface area contributed by atoms with E-state index in [1.807, 2.05) is 13.8 Å². The van der Waals surface area contributed by atoms with Crippen LogP contribution in [-0.2, 0) is 4.74 Å². The number of nitrogens with zero attached hydrogens (tertiary/aromatic N) is 1. The molecule has 0 aromatic carbocycles. The molecule has 0 radical (unpaired) electrons. The topological polar surface area (TPSA) is 70.9 Å². The molecule has 2 N–H and O–H groups in total. The van der Waals surface area contributed by atoms with Crippen molar-refractivity contribution in [2.45, 2.75) is 46.3 Å². The minimum atomic E-state index is -0.526. The van der Waals surface area contributed by atoms with Gasteiger partial charge in [-0.25, -0.2) is 4.79 Å². The van der Waals surface area contributed by atoms with Gasteiger partial charge in [0.2, 0.25) is 0 Å². The van der Waals surface area contributed by atoms with E-state index in [4.69, 9.17) is 9.94 Å². The van der Waals surface area contributed by atoms with Gasteiger partial charge >= 0.3 is 6.09 Å². The van der Waals surface area contributed by atoms with Crippen LogP contribution in [0.3, 0.4) is 0 Å². The number of alkyl carbamates (subject to hydrolysis) is 1. The molecule has 1 amide bonds. The van der Waals surface area contributed by atoms with Gasteiger partial charge in [0.15, 0.2) is 0 Å². The summed E-state index contributed by atoms with van der Waals surface area (Å²) >= 11 is 0. The molecule has 0 heterocycles. The van der Waals surface area contributed by atoms with E-state index < -0.39 is 11.7 Å². The van der Waals surface area contributed by atoms with Gasteiger partial charge in [-0.1, -0.05) is 19.0 Å². The van der Waals surface area contributed by atoms with Crippen LogP contribution in [0.15, 0.2) is 5.16 Å². The Morgan fingerprint density at radius 2 is 2.00 bits per heavy atom. The number of rotatable bonds is 3. The maximum Gasteiger partial charge on any atom is 0.408 e. The van der Waals surface area contributed by atoms with Gasteiger partial charge in [0.1, 0.15) is 5.60 Å². The third kappa shape index (κ3) is 6.76. The van der Waals surface area contributed by atoms with Gasteiger partial charge < -0.3 is 15.3 Å². The van der Waals surface area contributed by atoms with Crippen LogP contribution in [0, 0.1) is 5.92 Å². The molecule has 5 heteroatoms. The predicted octanol–water partition coefficient (Wildman–Crippen LogP) is 2.00. The monoisotopic (exact) mass is 216 g/mol. The van der Waals surface area contributed by atoms with E-state index in [9.17, 15) is 4.79 Å². The summed E-state index contributed by atoms with van der Waals surface area (Å²) in [6.45, 7) is 9.18. The summed E-state index contributed by atoms with van der Waals surface area (Å²) in [4.78, 5) is 11.4. The van der Waals surface area contributed by atoms with Crippen molar-refractivity contribution in [1.29, 1.82) is 0 Å². The van der Waals surface area contributed by atoms with E-state index in [-0.39, 0.29) is 12.0 Å². The zero-order valence-corrected chi connectivity index (χ0v) is 9.94. The smallest absolute Gasteiger partial charge is 0.408 e. The van der Waals surface area contributed by atoms with Crippen molar-refractivity contribution < 1.29 is 14.7 Å². The third-order valence-corrected chi connectivity index (χ3v) is 1.63. The molecular formula is C10H20N2O3. The number of carbonyl (C=O) groups is 1. The maximum atomic E-state index is 11.4. The molecule has 5 nitrogen and oxygen atoms in total. The lowest BCUT2D eigenvalue weighted by molar-refractivity contribution is 0.0509. The zero-order chi connectivity index (χ0) is 12.1. The average Bonchev–Trinajstić information content (AvgIpc) is 1.99. The van der Waals surface area contributed by atoms with Crippen LogP contribution in [-0.4, -0.2) is 29.2 Å². The second kappa shape index (κ2) is 5.58. The Morgan fingerprint density at radius 3 is 2.33 bits per heavy atom. The van der Waals surface area contributed by atoms with Crippen molar-refractivity contribution in [3.8, 4) is 0 Å². The number of hydrogen-bond acceptors (Lipinski definition) is 4. The Kier molecular flexibility index (Phi) is 5.11. The van der Waals surface area contributed by atoms with Gasteiger partial charge in [-0.2, -0.15) is 0 Å². The first-order valence-electron chi connectivity index (χ1n) is 4.93. The lowest BCUT2D eigenvalue weighted by Gasteiger charge is -2.23. The number of hydrogen-bond donors (Lipinski definition) is 2. The van der Waals surface area contributed by atoms with E-state index >= 15 is 0 Å². The molecule has 0 aromatic rings. The van der Waals surface area contributed by atoms with Gasteiger partial charge in [0.05, 0.1) is 12.3 Å². The molecule has 0 aromatic heterocycles. The Labute approximate surface area is 90.5 Å². The van der Waals surface area contributed by atoms with E-state index in [0.29, 0.717) is 0 Å². The van der Waals surface area contributed by atoms with Crippen LogP contribution in [0.1, 0.15) is 34.6 Å². The second-order valence-electron chi connectivity index (χ2n) is 4.68. The summed E-state index contributed by atoms with van der Waals surface area (Å²) in [5.41, 5.74) is -0.526.